The molecule has 0 unspecified atom stereocenters. The maximum absolute atomic E-state index is 4.71. The molecule has 1 heterocycles. The Morgan fingerprint density at radius 3 is 2.50 bits per heavy atom. The van der Waals surface area contributed by atoms with E-state index in [1.54, 1.807) is 11.3 Å². The summed E-state index contributed by atoms with van der Waals surface area (Å²) in [4.78, 5) is 7.36. The molecule has 3 rings (SSSR count). The normalized spacial score (nSPS) is 19.7. The zero-order valence-electron chi connectivity index (χ0n) is 11.2. The lowest BCUT2D eigenvalue weighted by atomic mass is 10.3. The summed E-state index contributed by atoms with van der Waals surface area (Å²) in [6.45, 7) is 4.56. The van der Waals surface area contributed by atoms with Gasteiger partial charge in [-0.15, -0.1) is 11.3 Å². The summed E-state index contributed by atoms with van der Waals surface area (Å²) in [6.07, 6.45) is 5.79. The standard InChI is InChI=1S/C14H23N3S/c1-15-6-14-16-13(10-18-14)9-17(7-11-2-3-11)8-12-4-5-12/h10-12,15H,2-9H2,1H3. The fraction of sp³-hybridized carbons (Fsp3) is 0.786. The topological polar surface area (TPSA) is 28.2 Å². The highest BCUT2D eigenvalue weighted by Gasteiger charge is 2.29. The van der Waals surface area contributed by atoms with Crippen molar-refractivity contribution in [3.63, 3.8) is 0 Å². The van der Waals surface area contributed by atoms with Crippen LogP contribution >= 0.6 is 11.3 Å². The summed E-state index contributed by atoms with van der Waals surface area (Å²) in [5.41, 5.74) is 1.27. The minimum atomic E-state index is 0.899. The first-order chi connectivity index (χ1) is 8.83. The van der Waals surface area contributed by atoms with Crippen molar-refractivity contribution in [3.8, 4) is 0 Å². The van der Waals surface area contributed by atoms with Crippen LogP contribution in [-0.4, -0.2) is 30.0 Å². The molecule has 2 saturated carbocycles. The van der Waals surface area contributed by atoms with Gasteiger partial charge in [0.2, 0.25) is 0 Å². The summed E-state index contributed by atoms with van der Waals surface area (Å²) >= 11 is 1.78. The van der Waals surface area contributed by atoms with Gasteiger partial charge in [-0.25, -0.2) is 4.98 Å². The number of nitrogens with one attached hydrogen (secondary N) is 1. The molecule has 0 radical (unpaired) electrons. The quantitative estimate of drug-likeness (QED) is 0.783. The Bertz CT molecular complexity index is 368. The molecule has 100 valence electrons. The molecule has 1 aromatic rings. The lowest BCUT2D eigenvalue weighted by molar-refractivity contribution is 0.242. The van der Waals surface area contributed by atoms with E-state index in [0.29, 0.717) is 0 Å². The van der Waals surface area contributed by atoms with Crippen molar-refractivity contribution in [2.45, 2.75) is 38.8 Å². The molecule has 0 spiro atoms. The van der Waals surface area contributed by atoms with Crippen LogP contribution in [0.4, 0.5) is 0 Å². The van der Waals surface area contributed by atoms with E-state index in [2.05, 4.69) is 15.6 Å². The second kappa shape index (κ2) is 5.68. The molecule has 2 aliphatic carbocycles. The highest BCUT2D eigenvalue weighted by molar-refractivity contribution is 7.09. The molecular formula is C14H23N3S. The second-order valence-corrected chi connectivity index (χ2v) is 6.79. The van der Waals surface area contributed by atoms with Gasteiger partial charge in [-0.3, -0.25) is 4.90 Å². The molecule has 0 saturated heterocycles. The minimum Gasteiger partial charge on any atom is -0.314 e. The van der Waals surface area contributed by atoms with E-state index < -0.39 is 0 Å². The van der Waals surface area contributed by atoms with Crippen LogP contribution < -0.4 is 5.32 Å². The number of aromatic nitrogens is 1. The van der Waals surface area contributed by atoms with Gasteiger partial charge in [0.25, 0.3) is 0 Å². The highest BCUT2D eigenvalue weighted by atomic mass is 32.1. The van der Waals surface area contributed by atoms with E-state index in [4.69, 9.17) is 4.98 Å². The lowest BCUT2D eigenvalue weighted by Crippen LogP contribution is -2.28. The van der Waals surface area contributed by atoms with Gasteiger partial charge in [0.1, 0.15) is 5.01 Å². The molecule has 0 aromatic carbocycles. The van der Waals surface area contributed by atoms with Crippen molar-refractivity contribution >= 4 is 11.3 Å². The largest absolute Gasteiger partial charge is 0.314 e. The van der Waals surface area contributed by atoms with Crippen LogP contribution in [0.1, 0.15) is 36.4 Å². The average Bonchev–Trinajstić information content (AvgIpc) is 3.24. The van der Waals surface area contributed by atoms with Crippen LogP contribution in [0.15, 0.2) is 5.38 Å². The maximum Gasteiger partial charge on any atom is 0.107 e. The summed E-state index contributed by atoms with van der Waals surface area (Å²) in [6, 6.07) is 0. The molecule has 0 bridgehead atoms. The molecule has 0 amide bonds. The van der Waals surface area contributed by atoms with E-state index in [-0.39, 0.29) is 0 Å². The van der Waals surface area contributed by atoms with E-state index in [1.807, 2.05) is 7.05 Å². The summed E-state index contributed by atoms with van der Waals surface area (Å²) in [7, 11) is 1.98. The van der Waals surface area contributed by atoms with Crippen LogP contribution in [0.3, 0.4) is 0 Å². The average molecular weight is 265 g/mol. The Labute approximate surface area is 114 Å². The number of thiazole rings is 1. The number of hydrogen-bond donors (Lipinski definition) is 1. The molecule has 2 aliphatic rings. The molecule has 3 nitrogen and oxygen atoms in total. The molecule has 4 heteroatoms. The van der Waals surface area contributed by atoms with Gasteiger partial charge < -0.3 is 5.32 Å². The van der Waals surface area contributed by atoms with Gasteiger partial charge in [0.05, 0.1) is 5.69 Å². The number of nitrogens with zero attached hydrogens (tertiary/aromatic N) is 2. The predicted octanol–water partition coefficient (Wildman–Crippen LogP) is 2.48. The smallest absolute Gasteiger partial charge is 0.107 e. The lowest BCUT2D eigenvalue weighted by Gasteiger charge is -2.20. The first kappa shape index (κ1) is 12.6. The molecule has 2 fully saturated rings. The summed E-state index contributed by atoms with van der Waals surface area (Å²) in [5, 5.41) is 6.62. The monoisotopic (exact) mass is 265 g/mol. The van der Waals surface area contributed by atoms with Crippen LogP contribution in [0.5, 0.6) is 0 Å². The molecule has 1 aromatic heterocycles. The van der Waals surface area contributed by atoms with Crippen molar-refractivity contribution < 1.29 is 0 Å². The zero-order valence-corrected chi connectivity index (χ0v) is 12.0. The van der Waals surface area contributed by atoms with Crippen molar-refractivity contribution in [2.24, 2.45) is 11.8 Å². The summed E-state index contributed by atoms with van der Waals surface area (Å²) < 4.78 is 0. The second-order valence-electron chi connectivity index (χ2n) is 5.84. The van der Waals surface area contributed by atoms with Crippen molar-refractivity contribution in [3.05, 3.63) is 16.1 Å². The van der Waals surface area contributed by atoms with Gasteiger partial charge in [-0.05, 0) is 44.6 Å². The maximum atomic E-state index is 4.71. The Kier molecular flexibility index (Phi) is 3.97. The highest BCUT2D eigenvalue weighted by Crippen LogP contribution is 2.34. The number of hydrogen-bond acceptors (Lipinski definition) is 4. The molecule has 18 heavy (non-hydrogen) atoms. The first-order valence-electron chi connectivity index (χ1n) is 7.13. The van der Waals surface area contributed by atoms with Crippen LogP contribution in [0.2, 0.25) is 0 Å². The van der Waals surface area contributed by atoms with Crippen molar-refractivity contribution in [2.75, 3.05) is 20.1 Å². The summed E-state index contributed by atoms with van der Waals surface area (Å²) in [5.74, 6) is 1.97. The van der Waals surface area contributed by atoms with Crippen molar-refractivity contribution in [1.29, 1.82) is 0 Å². The predicted molar refractivity (Wildman–Crippen MR) is 75.6 cm³/mol. The molecule has 0 atom stereocenters. The fourth-order valence-electron chi connectivity index (χ4n) is 2.42. The van der Waals surface area contributed by atoms with E-state index >= 15 is 0 Å². The third-order valence-corrected chi connectivity index (χ3v) is 4.64. The SMILES string of the molecule is CNCc1nc(CN(CC2CC2)CC2CC2)cs1. The Hall–Kier alpha value is -0.450. The van der Waals surface area contributed by atoms with Gasteiger partial charge in [-0.1, -0.05) is 0 Å². The van der Waals surface area contributed by atoms with Crippen LogP contribution in [0, 0.1) is 11.8 Å². The van der Waals surface area contributed by atoms with Gasteiger partial charge in [0, 0.05) is 31.6 Å². The molecule has 1 N–H and O–H groups in total. The van der Waals surface area contributed by atoms with Crippen molar-refractivity contribution in [1.82, 2.24) is 15.2 Å². The van der Waals surface area contributed by atoms with Crippen LogP contribution in [0.25, 0.3) is 0 Å². The Balaban J connectivity index is 1.54. The first-order valence-corrected chi connectivity index (χ1v) is 8.01. The molecular weight excluding hydrogens is 242 g/mol. The van der Waals surface area contributed by atoms with Gasteiger partial charge in [0.15, 0.2) is 0 Å². The number of rotatable bonds is 8. The zero-order chi connectivity index (χ0) is 12.4. The molecule has 0 aliphatic heterocycles. The van der Waals surface area contributed by atoms with E-state index in [1.165, 1.54) is 49.5 Å². The van der Waals surface area contributed by atoms with E-state index in [9.17, 15) is 0 Å². The Morgan fingerprint density at radius 2 is 1.94 bits per heavy atom. The van der Waals surface area contributed by atoms with Gasteiger partial charge in [-0.2, -0.15) is 0 Å². The van der Waals surface area contributed by atoms with E-state index in [0.717, 1.165) is 24.9 Å². The minimum absolute atomic E-state index is 0.899. The fourth-order valence-corrected chi connectivity index (χ4v) is 3.21. The Morgan fingerprint density at radius 1 is 1.28 bits per heavy atom. The third kappa shape index (κ3) is 3.77. The van der Waals surface area contributed by atoms with Crippen LogP contribution in [-0.2, 0) is 13.1 Å². The third-order valence-electron chi connectivity index (χ3n) is 3.74. The van der Waals surface area contributed by atoms with Gasteiger partial charge >= 0.3 is 0 Å².